The quantitative estimate of drug-likeness (QED) is 0.872. The zero-order valence-electron chi connectivity index (χ0n) is 11.6. The number of pyridine rings is 2. The van der Waals surface area contributed by atoms with Gasteiger partial charge in [-0.05, 0) is 40.5 Å². The van der Waals surface area contributed by atoms with E-state index in [4.69, 9.17) is 4.74 Å². The lowest BCUT2D eigenvalue weighted by Crippen LogP contribution is -2.19. The van der Waals surface area contributed by atoms with Gasteiger partial charge in [0.25, 0.3) is 0 Å². The molecule has 0 bridgehead atoms. The molecule has 2 aromatic heterocycles. The predicted octanol–water partition coefficient (Wildman–Crippen LogP) is 3.78. The molecule has 1 N–H and O–H groups in total. The third-order valence-corrected chi connectivity index (χ3v) is 3.05. The summed E-state index contributed by atoms with van der Waals surface area (Å²) in [6, 6.07) is 5.80. The van der Waals surface area contributed by atoms with E-state index in [0.717, 1.165) is 23.1 Å². The fraction of sp³-hybridized carbons (Fsp3) is 0.333. The van der Waals surface area contributed by atoms with E-state index < -0.39 is 0 Å². The molecule has 0 fully saturated rings. The summed E-state index contributed by atoms with van der Waals surface area (Å²) in [5.41, 5.74) is 1.04. The Hall–Kier alpha value is -1.46. The Morgan fingerprint density at radius 1 is 1.35 bits per heavy atom. The molecule has 0 spiro atoms. The Kier molecular flexibility index (Phi) is 5.49. The molecule has 2 rings (SSSR count). The second-order valence-electron chi connectivity index (χ2n) is 4.93. The van der Waals surface area contributed by atoms with E-state index in [2.05, 4.69) is 45.1 Å². The van der Waals surface area contributed by atoms with Crippen molar-refractivity contribution in [2.24, 2.45) is 5.92 Å². The normalized spacial score (nSPS) is 10.8. The van der Waals surface area contributed by atoms with Crippen molar-refractivity contribution in [3.05, 3.63) is 46.8 Å². The maximum atomic E-state index is 5.80. The lowest BCUT2D eigenvalue weighted by atomic mass is 10.2. The lowest BCUT2D eigenvalue weighted by Gasteiger charge is -2.11. The highest BCUT2D eigenvalue weighted by Gasteiger charge is 2.07. The maximum Gasteiger partial charge on any atom is 0.223 e. The van der Waals surface area contributed by atoms with Crippen molar-refractivity contribution in [1.82, 2.24) is 15.3 Å². The second-order valence-corrected chi connectivity index (χ2v) is 5.85. The lowest BCUT2D eigenvalue weighted by molar-refractivity contribution is 0.448. The first kappa shape index (κ1) is 14.9. The van der Waals surface area contributed by atoms with Gasteiger partial charge < -0.3 is 10.1 Å². The van der Waals surface area contributed by atoms with Gasteiger partial charge in [0.2, 0.25) is 5.88 Å². The number of aromatic nitrogens is 2. The minimum absolute atomic E-state index is 0.614. The number of nitrogens with one attached hydrogen (secondary N) is 1. The molecule has 106 valence electrons. The zero-order valence-corrected chi connectivity index (χ0v) is 13.2. The van der Waals surface area contributed by atoms with E-state index in [9.17, 15) is 0 Å². The molecule has 0 saturated carbocycles. The first-order valence-electron chi connectivity index (χ1n) is 6.58. The Labute approximate surface area is 127 Å². The van der Waals surface area contributed by atoms with Gasteiger partial charge in [-0.2, -0.15) is 0 Å². The third-order valence-electron chi connectivity index (χ3n) is 2.61. The molecule has 0 aromatic carbocycles. The standard InChI is InChI=1S/C15H18BrN3O/c1-11(2)7-17-8-12-4-3-5-19-15(12)20-14-6-13(16)9-18-10-14/h3-6,9-11,17H,7-8H2,1-2H3. The van der Waals surface area contributed by atoms with E-state index in [1.807, 2.05) is 18.2 Å². The molecule has 5 heteroatoms. The Bertz CT molecular complexity index is 560. The average molecular weight is 336 g/mol. The fourth-order valence-electron chi connectivity index (χ4n) is 1.71. The van der Waals surface area contributed by atoms with Crippen molar-refractivity contribution in [3.8, 4) is 11.6 Å². The van der Waals surface area contributed by atoms with Crippen molar-refractivity contribution in [1.29, 1.82) is 0 Å². The van der Waals surface area contributed by atoms with Crippen molar-refractivity contribution in [2.45, 2.75) is 20.4 Å². The first-order chi connectivity index (χ1) is 9.65. The average Bonchev–Trinajstić information content (AvgIpc) is 2.40. The molecule has 20 heavy (non-hydrogen) atoms. The number of ether oxygens (including phenoxy) is 1. The van der Waals surface area contributed by atoms with Crippen LogP contribution in [0.4, 0.5) is 0 Å². The largest absolute Gasteiger partial charge is 0.437 e. The first-order valence-corrected chi connectivity index (χ1v) is 7.37. The number of halogens is 1. The maximum absolute atomic E-state index is 5.80. The van der Waals surface area contributed by atoms with Gasteiger partial charge in [-0.25, -0.2) is 4.98 Å². The van der Waals surface area contributed by atoms with Crippen molar-refractivity contribution in [2.75, 3.05) is 6.54 Å². The van der Waals surface area contributed by atoms with Gasteiger partial charge in [0.15, 0.2) is 0 Å². The van der Waals surface area contributed by atoms with Gasteiger partial charge in [-0.3, -0.25) is 4.98 Å². The van der Waals surface area contributed by atoms with E-state index in [0.29, 0.717) is 17.5 Å². The van der Waals surface area contributed by atoms with Gasteiger partial charge in [0, 0.05) is 29.0 Å². The summed E-state index contributed by atoms with van der Waals surface area (Å²) < 4.78 is 6.68. The van der Waals surface area contributed by atoms with Crippen LogP contribution in [-0.4, -0.2) is 16.5 Å². The molecule has 0 aliphatic carbocycles. The molecule has 0 amide bonds. The number of rotatable bonds is 6. The molecule has 0 unspecified atom stereocenters. The summed E-state index contributed by atoms with van der Waals surface area (Å²) in [5, 5.41) is 3.39. The number of hydrogen-bond donors (Lipinski definition) is 1. The monoisotopic (exact) mass is 335 g/mol. The van der Waals surface area contributed by atoms with Crippen LogP contribution in [0.5, 0.6) is 11.6 Å². The van der Waals surface area contributed by atoms with Gasteiger partial charge in [0.1, 0.15) is 5.75 Å². The van der Waals surface area contributed by atoms with E-state index >= 15 is 0 Å². The summed E-state index contributed by atoms with van der Waals surface area (Å²) in [7, 11) is 0. The molecule has 2 heterocycles. The van der Waals surface area contributed by atoms with E-state index in [-0.39, 0.29) is 0 Å². The highest BCUT2D eigenvalue weighted by molar-refractivity contribution is 9.10. The summed E-state index contributed by atoms with van der Waals surface area (Å²) in [6.07, 6.45) is 5.12. The summed E-state index contributed by atoms with van der Waals surface area (Å²) >= 11 is 3.38. The van der Waals surface area contributed by atoms with E-state index in [1.165, 1.54) is 0 Å². The Balaban J connectivity index is 2.07. The van der Waals surface area contributed by atoms with Crippen molar-refractivity contribution >= 4 is 15.9 Å². The molecule has 0 saturated heterocycles. The third kappa shape index (κ3) is 4.58. The van der Waals surface area contributed by atoms with Crippen LogP contribution in [0.2, 0.25) is 0 Å². The van der Waals surface area contributed by atoms with Gasteiger partial charge in [-0.15, -0.1) is 0 Å². The SMILES string of the molecule is CC(C)CNCc1cccnc1Oc1cncc(Br)c1. The highest BCUT2D eigenvalue weighted by atomic mass is 79.9. The van der Waals surface area contributed by atoms with Crippen LogP contribution < -0.4 is 10.1 Å². The van der Waals surface area contributed by atoms with Gasteiger partial charge in [0.05, 0.1) is 6.20 Å². The molecule has 4 nitrogen and oxygen atoms in total. The minimum atomic E-state index is 0.614. The van der Waals surface area contributed by atoms with Crippen LogP contribution in [0, 0.1) is 5.92 Å². The molecule has 0 radical (unpaired) electrons. The Morgan fingerprint density at radius 3 is 2.95 bits per heavy atom. The molecule has 2 aromatic rings. The summed E-state index contributed by atoms with van der Waals surface area (Å²) in [5.74, 6) is 1.90. The molecule has 0 aliphatic heterocycles. The number of hydrogen-bond acceptors (Lipinski definition) is 4. The smallest absolute Gasteiger partial charge is 0.223 e. The minimum Gasteiger partial charge on any atom is -0.437 e. The van der Waals surface area contributed by atoms with Crippen LogP contribution in [0.1, 0.15) is 19.4 Å². The van der Waals surface area contributed by atoms with Crippen LogP contribution in [-0.2, 0) is 6.54 Å². The van der Waals surface area contributed by atoms with Crippen LogP contribution >= 0.6 is 15.9 Å². The fourth-order valence-corrected chi connectivity index (χ4v) is 2.05. The molecule has 0 atom stereocenters. The van der Waals surface area contributed by atoms with Crippen molar-refractivity contribution < 1.29 is 4.74 Å². The summed E-state index contributed by atoms with van der Waals surface area (Å²) in [4.78, 5) is 8.38. The highest BCUT2D eigenvalue weighted by Crippen LogP contribution is 2.24. The Morgan fingerprint density at radius 2 is 2.20 bits per heavy atom. The molecular formula is C15H18BrN3O. The number of nitrogens with zero attached hydrogens (tertiary/aromatic N) is 2. The van der Waals surface area contributed by atoms with Gasteiger partial charge >= 0.3 is 0 Å². The molecule has 0 aliphatic rings. The van der Waals surface area contributed by atoms with Crippen molar-refractivity contribution in [3.63, 3.8) is 0 Å². The van der Waals surface area contributed by atoms with Gasteiger partial charge in [-0.1, -0.05) is 19.9 Å². The predicted molar refractivity (Wildman–Crippen MR) is 82.8 cm³/mol. The van der Waals surface area contributed by atoms with Crippen LogP contribution in [0.3, 0.4) is 0 Å². The zero-order chi connectivity index (χ0) is 14.4. The summed E-state index contributed by atoms with van der Waals surface area (Å²) in [6.45, 7) is 6.07. The molecular weight excluding hydrogens is 318 g/mol. The van der Waals surface area contributed by atoms with Crippen LogP contribution in [0.15, 0.2) is 41.3 Å². The topological polar surface area (TPSA) is 47.0 Å². The second kappa shape index (κ2) is 7.36. The van der Waals surface area contributed by atoms with Crippen LogP contribution in [0.25, 0.3) is 0 Å². The van der Waals surface area contributed by atoms with E-state index in [1.54, 1.807) is 18.6 Å².